The van der Waals surface area contributed by atoms with E-state index in [1.807, 2.05) is 35.2 Å². The van der Waals surface area contributed by atoms with E-state index in [0.717, 1.165) is 31.5 Å². The summed E-state index contributed by atoms with van der Waals surface area (Å²) in [4.78, 5) is 14.1. The lowest BCUT2D eigenvalue weighted by molar-refractivity contribution is 0.0686. The van der Waals surface area contributed by atoms with Crippen molar-refractivity contribution >= 4 is 6.09 Å². The second kappa shape index (κ2) is 6.06. The van der Waals surface area contributed by atoms with Crippen molar-refractivity contribution in [1.29, 1.82) is 0 Å². The van der Waals surface area contributed by atoms with Crippen molar-refractivity contribution in [3.63, 3.8) is 0 Å². The summed E-state index contributed by atoms with van der Waals surface area (Å²) in [6.45, 7) is 4.12. The molecule has 1 saturated heterocycles. The van der Waals surface area contributed by atoms with Crippen LogP contribution in [0.4, 0.5) is 4.79 Å². The van der Waals surface area contributed by atoms with Crippen LogP contribution in [0.1, 0.15) is 38.2 Å². The maximum atomic E-state index is 12.2. The Hall–Kier alpha value is -1.55. The number of benzene rings is 1. The fraction of sp³-hybridized carbons (Fsp3) is 0.588. The molecule has 2 aliphatic rings. The van der Waals surface area contributed by atoms with E-state index in [4.69, 9.17) is 4.74 Å². The molecule has 0 unspecified atom stereocenters. The van der Waals surface area contributed by atoms with Crippen LogP contribution in [-0.4, -0.2) is 35.7 Å². The zero-order valence-corrected chi connectivity index (χ0v) is 12.7. The summed E-state index contributed by atoms with van der Waals surface area (Å²) in [6, 6.07) is 10.5. The summed E-state index contributed by atoms with van der Waals surface area (Å²) < 4.78 is 5.44. The number of amides is 1. The maximum Gasteiger partial charge on any atom is 0.410 e. The molecule has 1 amide bonds. The van der Waals surface area contributed by atoms with Crippen LogP contribution in [0, 0.1) is 0 Å². The molecule has 1 aromatic rings. The number of ether oxygens (including phenoxy) is 1. The number of carbonyl (C=O) groups is 1. The fourth-order valence-corrected chi connectivity index (χ4v) is 3.04. The minimum atomic E-state index is -0.192. The Kier molecular flexibility index (Phi) is 4.15. The highest BCUT2D eigenvalue weighted by atomic mass is 16.6. The first kappa shape index (κ1) is 14.4. The van der Waals surface area contributed by atoms with Crippen LogP contribution in [0.25, 0.3) is 0 Å². The molecule has 1 heterocycles. The van der Waals surface area contributed by atoms with Crippen molar-refractivity contribution in [2.24, 2.45) is 0 Å². The zero-order valence-electron chi connectivity index (χ0n) is 12.7. The Morgan fingerprint density at radius 3 is 2.86 bits per heavy atom. The molecule has 1 aliphatic carbocycles. The highest BCUT2D eigenvalue weighted by molar-refractivity contribution is 5.68. The molecular weight excluding hydrogens is 264 g/mol. The Balaban J connectivity index is 1.51. The van der Waals surface area contributed by atoms with Gasteiger partial charge in [-0.05, 0) is 38.2 Å². The molecule has 4 nitrogen and oxygen atoms in total. The second-order valence-corrected chi connectivity index (χ2v) is 6.54. The van der Waals surface area contributed by atoms with Crippen LogP contribution >= 0.6 is 0 Å². The highest BCUT2D eigenvalue weighted by Gasteiger charge is 2.37. The number of nitrogens with one attached hydrogen (secondary N) is 1. The van der Waals surface area contributed by atoms with Gasteiger partial charge in [0.15, 0.2) is 0 Å². The molecule has 4 heteroatoms. The van der Waals surface area contributed by atoms with Crippen LogP contribution in [0.5, 0.6) is 0 Å². The van der Waals surface area contributed by atoms with Crippen LogP contribution in [-0.2, 0) is 11.3 Å². The van der Waals surface area contributed by atoms with Crippen LogP contribution in [0.15, 0.2) is 30.3 Å². The molecule has 2 fully saturated rings. The number of hydrogen-bond donors (Lipinski definition) is 1. The van der Waals surface area contributed by atoms with Crippen molar-refractivity contribution < 1.29 is 9.53 Å². The second-order valence-electron chi connectivity index (χ2n) is 6.54. The number of hydrogen-bond acceptors (Lipinski definition) is 3. The van der Waals surface area contributed by atoms with Crippen molar-refractivity contribution in [3.8, 4) is 0 Å². The lowest BCUT2D eigenvalue weighted by Gasteiger charge is -2.40. The van der Waals surface area contributed by atoms with Crippen molar-refractivity contribution in [3.05, 3.63) is 35.9 Å². The van der Waals surface area contributed by atoms with E-state index in [1.165, 1.54) is 12.8 Å². The predicted molar refractivity (Wildman–Crippen MR) is 82.0 cm³/mol. The summed E-state index contributed by atoms with van der Waals surface area (Å²) in [5.74, 6) is 0. The average molecular weight is 288 g/mol. The van der Waals surface area contributed by atoms with Gasteiger partial charge in [-0.15, -0.1) is 0 Å². The molecule has 0 radical (unpaired) electrons. The van der Waals surface area contributed by atoms with Gasteiger partial charge in [-0.3, -0.25) is 0 Å². The summed E-state index contributed by atoms with van der Waals surface area (Å²) >= 11 is 0. The van der Waals surface area contributed by atoms with E-state index < -0.39 is 0 Å². The van der Waals surface area contributed by atoms with Crippen LogP contribution in [0.2, 0.25) is 0 Å². The normalized spacial score (nSPS) is 25.7. The van der Waals surface area contributed by atoms with Crippen molar-refractivity contribution in [2.75, 3.05) is 13.1 Å². The summed E-state index contributed by atoms with van der Waals surface area (Å²) in [5.41, 5.74) is 1.08. The largest absolute Gasteiger partial charge is 0.445 e. The topological polar surface area (TPSA) is 41.6 Å². The van der Waals surface area contributed by atoms with Gasteiger partial charge in [0.1, 0.15) is 6.61 Å². The van der Waals surface area contributed by atoms with Gasteiger partial charge in [-0.1, -0.05) is 30.3 Å². The molecule has 114 valence electrons. The third-order valence-corrected chi connectivity index (χ3v) is 4.29. The molecule has 1 aromatic carbocycles. The number of rotatable bonds is 4. The van der Waals surface area contributed by atoms with Crippen LogP contribution < -0.4 is 5.32 Å². The number of piperidine rings is 1. The van der Waals surface area contributed by atoms with E-state index >= 15 is 0 Å². The Morgan fingerprint density at radius 1 is 1.38 bits per heavy atom. The molecule has 1 atom stereocenters. The molecule has 1 aliphatic heterocycles. The minimum Gasteiger partial charge on any atom is -0.445 e. The van der Waals surface area contributed by atoms with Gasteiger partial charge in [0.05, 0.1) is 0 Å². The van der Waals surface area contributed by atoms with Gasteiger partial charge in [-0.25, -0.2) is 4.79 Å². The first-order valence-corrected chi connectivity index (χ1v) is 7.88. The highest BCUT2D eigenvalue weighted by Crippen LogP contribution is 2.28. The minimum absolute atomic E-state index is 0.0468. The zero-order chi connectivity index (χ0) is 14.7. The van der Waals surface area contributed by atoms with Crippen molar-refractivity contribution in [2.45, 2.75) is 50.8 Å². The smallest absolute Gasteiger partial charge is 0.410 e. The average Bonchev–Trinajstić information content (AvgIpc) is 3.29. The van der Waals surface area contributed by atoms with E-state index in [9.17, 15) is 4.79 Å². The van der Waals surface area contributed by atoms with Gasteiger partial charge < -0.3 is 15.0 Å². The number of nitrogens with zero attached hydrogens (tertiary/aromatic N) is 1. The van der Waals surface area contributed by atoms with Gasteiger partial charge in [0.25, 0.3) is 0 Å². The standard InChI is InChI=1S/C17H24N2O2/c1-17(18-15-8-9-15)10-5-11-19(13-17)16(20)21-12-14-6-3-2-4-7-14/h2-4,6-7,15,18H,5,8-13H2,1H3/t17-/m1/s1. The Morgan fingerprint density at radius 2 is 2.14 bits per heavy atom. The number of likely N-dealkylation sites (tertiary alicyclic amines) is 1. The first-order chi connectivity index (χ1) is 10.1. The maximum absolute atomic E-state index is 12.2. The van der Waals surface area contributed by atoms with Gasteiger partial charge in [0, 0.05) is 24.7 Å². The molecule has 0 bridgehead atoms. The van der Waals surface area contributed by atoms with E-state index in [0.29, 0.717) is 12.6 Å². The summed E-state index contributed by atoms with van der Waals surface area (Å²) in [5, 5.41) is 3.68. The van der Waals surface area contributed by atoms with E-state index in [2.05, 4.69) is 12.2 Å². The molecule has 1 saturated carbocycles. The summed E-state index contributed by atoms with van der Waals surface area (Å²) in [7, 11) is 0. The Labute approximate surface area is 126 Å². The lowest BCUT2D eigenvalue weighted by Crippen LogP contribution is -2.57. The number of carbonyl (C=O) groups excluding carboxylic acids is 1. The monoisotopic (exact) mass is 288 g/mol. The lowest BCUT2D eigenvalue weighted by atomic mass is 9.91. The van der Waals surface area contributed by atoms with E-state index in [1.54, 1.807) is 0 Å². The third kappa shape index (κ3) is 3.97. The Bertz CT molecular complexity index is 487. The predicted octanol–water partition coefficient (Wildman–Crippen LogP) is 2.93. The fourth-order valence-electron chi connectivity index (χ4n) is 3.04. The first-order valence-electron chi connectivity index (χ1n) is 7.88. The van der Waals surface area contributed by atoms with Crippen molar-refractivity contribution in [1.82, 2.24) is 10.2 Å². The molecule has 21 heavy (non-hydrogen) atoms. The molecule has 1 N–H and O–H groups in total. The van der Waals surface area contributed by atoms with Gasteiger partial charge >= 0.3 is 6.09 Å². The van der Waals surface area contributed by atoms with E-state index in [-0.39, 0.29) is 11.6 Å². The summed E-state index contributed by atoms with van der Waals surface area (Å²) in [6.07, 6.45) is 4.52. The molecule has 3 rings (SSSR count). The SMILES string of the molecule is C[C@@]1(NC2CC2)CCCN(C(=O)OCc2ccccc2)C1. The van der Waals surface area contributed by atoms with Gasteiger partial charge in [0.2, 0.25) is 0 Å². The molecular formula is C17H24N2O2. The molecule has 0 aromatic heterocycles. The van der Waals surface area contributed by atoms with Crippen LogP contribution in [0.3, 0.4) is 0 Å². The third-order valence-electron chi connectivity index (χ3n) is 4.29. The quantitative estimate of drug-likeness (QED) is 0.926. The molecule has 0 spiro atoms. The van der Waals surface area contributed by atoms with Gasteiger partial charge in [-0.2, -0.15) is 0 Å².